The Bertz CT molecular complexity index is 387. The van der Waals surface area contributed by atoms with Crippen LogP contribution in [-0.4, -0.2) is 12.1 Å². The Labute approximate surface area is 78.9 Å². The van der Waals surface area contributed by atoms with Crippen LogP contribution in [0.3, 0.4) is 0 Å². The van der Waals surface area contributed by atoms with Gasteiger partial charge in [0.1, 0.15) is 23.0 Å². The van der Waals surface area contributed by atoms with Gasteiger partial charge in [0.15, 0.2) is 5.75 Å². The van der Waals surface area contributed by atoms with E-state index in [4.69, 9.17) is 15.7 Å². The van der Waals surface area contributed by atoms with Crippen molar-refractivity contribution in [2.75, 3.05) is 12.8 Å². The largest absolute Gasteiger partial charge is 0.493 e. The minimum Gasteiger partial charge on any atom is -0.493 e. The van der Waals surface area contributed by atoms with Crippen molar-refractivity contribution in [3.63, 3.8) is 0 Å². The van der Waals surface area contributed by atoms with E-state index in [2.05, 4.69) is 4.98 Å². The lowest BCUT2D eigenvalue weighted by Gasteiger charge is -2.09. The zero-order chi connectivity index (χ0) is 10.7. The zero-order valence-corrected chi connectivity index (χ0v) is 7.29. The molecule has 1 rings (SSSR count). The zero-order valence-electron chi connectivity index (χ0n) is 7.29. The number of ether oxygens (including phenoxy) is 1. The molecule has 14 heavy (non-hydrogen) atoms. The van der Waals surface area contributed by atoms with E-state index >= 15 is 0 Å². The first-order valence-corrected chi connectivity index (χ1v) is 3.62. The molecule has 2 N–H and O–H groups in total. The first kappa shape index (κ1) is 10.2. The molecule has 0 aliphatic heterocycles. The highest BCUT2D eigenvalue weighted by atomic mass is 19.3. The van der Waals surface area contributed by atoms with Crippen LogP contribution in [0.4, 0.5) is 14.5 Å². The quantitative estimate of drug-likeness (QED) is 0.782. The summed E-state index contributed by atoms with van der Waals surface area (Å²) in [6.07, 6.45) is -1.77. The number of rotatable bonds is 2. The Morgan fingerprint density at radius 1 is 1.64 bits per heavy atom. The number of anilines is 1. The molecular formula is C8H7F2N3O. The van der Waals surface area contributed by atoms with Gasteiger partial charge in [-0.25, -0.2) is 8.78 Å². The topological polar surface area (TPSA) is 71.9 Å². The van der Waals surface area contributed by atoms with Crippen LogP contribution in [0.2, 0.25) is 0 Å². The molecule has 0 amide bonds. The van der Waals surface area contributed by atoms with Crippen LogP contribution in [0.15, 0.2) is 6.20 Å². The molecular weight excluding hydrogens is 192 g/mol. The van der Waals surface area contributed by atoms with Gasteiger partial charge < -0.3 is 10.5 Å². The lowest BCUT2D eigenvalue weighted by molar-refractivity contribution is 0.146. The average molecular weight is 199 g/mol. The summed E-state index contributed by atoms with van der Waals surface area (Å²) in [6, 6.07) is 1.74. The number of hydrogen-bond acceptors (Lipinski definition) is 4. The van der Waals surface area contributed by atoms with Gasteiger partial charge in [0.05, 0.1) is 7.11 Å². The van der Waals surface area contributed by atoms with Crippen LogP contribution in [0, 0.1) is 11.3 Å². The first-order valence-electron chi connectivity index (χ1n) is 3.62. The second-order valence-corrected chi connectivity index (χ2v) is 2.42. The number of methoxy groups -OCH3 is 1. The van der Waals surface area contributed by atoms with Gasteiger partial charge in [-0.15, -0.1) is 0 Å². The summed E-state index contributed by atoms with van der Waals surface area (Å²) in [6.45, 7) is 0. The van der Waals surface area contributed by atoms with Gasteiger partial charge in [-0.3, -0.25) is 4.98 Å². The number of nitriles is 1. The van der Waals surface area contributed by atoms with Gasteiger partial charge in [0, 0.05) is 6.20 Å². The smallest absolute Gasteiger partial charge is 0.282 e. The van der Waals surface area contributed by atoms with Crippen molar-refractivity contribution < 1.29 is 13.5 Å². The average Bonchev–Trinajstić information content (AvgIpc) is 2.16. The number of halogens is 2. The van der Waals surface area contributed by atoms with E-state index in [9.17, 15) is 8.78 Å². The molecule has 0 unspecified atom stereocenters. The number of hydrogen-bond donors (Lipinski definition) is 1. The van der Waals surface area contributed by atoms with E-state index in [1.54, 1.807) is 6.07 Å². The molecule has 0 radical (unpaired) electrons. The summed E-state index contributed by atoms with van der Waals surface area (Å²) in [5, 5.41) is 8.59. The van der Waals surface area contributed by atoms with Crippen LogP contribution < -0.4 is 10.5 Å². The lowest BCUT2D eigenvalue weighted by Crippen LogP contribution is -2.03. The number of pyridine rings is 1. The van der Waals surface area contributed by atoms with E-state index in [1.165, 1.54) is 7.11 Å². The van der Waals surface area contributed by atoms with Crippen molar-refractivity contribution >= 4 is 5.69 Å². The minimum atomic E-state index is -2.78. The fourth-order valence-corrected chi connectivity index (χ4v) is 0.997. The number of nitrogens with zero attached hydrogens (tertiary/aromatic N) is 2. The van der Waals surface area contributed by atoms with E-state index in [0.29, 0.717) is 0 Å². The molecule has 1 aromatic rings. The van der Waals surface area contributed by atoms with Gasteiger partial charge in [-0.2, -0.15) is 5.26 Å². The monoisotopic (exact) mass is 199 g/mol. The second-order valence-electron chi connectivity index (χ2n) is 2.42. The Kier molecular flexibility index (Phi) is 2.82. The number of aromatic nitrogens is 1. The molecule has 1 aromatic heterocycles. The summed E-state index contributed by atoms with van der Waals surface area (Å²) in [7, 11) is 1.25. The maximum atomic E-state index is 12.3. The molecule has 0 saturated heterocycles. The Morgan fingerprint density at radius 3 is 2.71 bits per heavy atom. The summed E-state index contributed by atoms with van der Waals surface area (Å²) >= 11 is 0. The highest BCUT2D eigenvalue weighted by molar-refractivity contribution is 5.62. The molecule has 4 nitrogen and oxygen atoms in total. The highest BCUT2D eigenvalue weighted by Gasteiger charge is 2.19. The molecule has 1 heterocycles. The number of nitrogen functional groups attached to an aromatic ring is 1. The van der Waals surface area contributed by atoms with Gasteiger partial charge in [0.2, 0.25) is 0 Å². The Morgan fingerprint density at radius 2 is 2.29 bits per heavy atom. The minimum absolute atomic E-state index is 0.0365. The van der Waals surface area contributed by atoms with Crippen molar-refractivity contribution in [1.29, 1.82) is 5.26 Å². The standard InChI is InChI=1S/C8H7F2N3O/c1-14-7-4(2-11)3-13-6(5(7)12)8(9)10/h3,8H,12H2,1H3. The van der Waals surface area contributed by atoms with Gasteiger partial charge in [-0.1, -0.05) is 0 Å². The molecule has 0 aliphatic rings. The van der Waals surface area contributed by atoms with E-state index in [0.717, 1.165) is 6.20 Å². The molecule has 0 bridgehead atoms. The predicted molar refractivity (Wildman–Crippen MR) is 44.9 cm³/mol. The van der Waals surface area contributed by atoms with Crippen LogP contribution in [-0.2, 0) is 0 Å². The molecule has 0 spiro atoms. The molecule has 74 valence electrons. The maximum Gasteiger partial charge on any atom is 0.282 e. The van der Waals surface area contributed by atoms with Crippen molar-refractivity contribution in [3.8, 4) is 11.8 Å². The molecule has 6 heteroatoms. The van der Waals surface area contributed by atoms with Crippen molar-refractivity contribution in [3.05, 3.63) is 17.5 Å². The Hall–Kier alpha value is -1.90. The normalized spacial score (nSPS) is 9.93. The predicted octanol–water partition coefficient (Wildman–Crippen LogP) is 1.48. The molecule has 0 fully saturated rings. The van der Waals surface area contributed by atoms with Crippen molar-refractivity contribution in [2.24, 2.45) is 0 Å². The Balaban J connectivity index is 3.37. The third-order valence-corrected chi connectivity index (χ3v) is 1.63. The fraction of sp³-hybridized carbons (Fsp3) is 0.250. The van der Waals surface area contributed by atoms with Crippen molar-refractivity contribution in [1.82, 2.24) is 4.98 Å². The van der Waals surface area contributed by atoms with Crippen LogP contribution in [0.1, 0.15) is 17.7 Å². The molecule has 0 saturated carbocycles. The van der Waals surface area contributed by atoms with Crippen LogP contribution in [0.5, 0.6) is 5.75 Å². The summed E-state index contributed by atoms with van der Waals surface area (Å²) in [5.41, 5.74) is 4.53. The van der Waals surface area contributed by atoms with Crippen LogP contribution in [0.25, 0.3) is 0 Å². The van der Waals surface area contributed by atoms with E-state index in [1.807, 2.05) is 0 Å². The van der Waals surface area contributed by atoms with E-state index < -0.39 is 12.1 Å². The molecule has 0 atom stereocenters. The lowest BCUT2D eigenvalue weighted by atomic mass is 10.2. The molecule has 0 aliphatic carbocycles. The first-order chi connectivity index (χ1) is 6.61. The van der Waals surface area contributed by atoms with Gasteiger partial charge in [-0.05, 0) is 0 Å². The number of nitrogens with two attached hydrogens (primary N) is 1. The summed E-state index contributed by atoms with van der Waals surface area (Å²) < 4.78 is 29.3. The summed E-state index contributed by atoms with van der Waals surface area (Å²) in [4.78, 5) is 3.38. The van der Waals surface area contributed by atoms with Crippen LogP contribution >= 0.6 is 0 Å². The third kappa shape index (κ3) is 1.57. The highest BCUT2D eigenvalue weighted by Crippen LogP contribution is 2.32. The van der Waals surface area contributed by atoms with Crippen molar-refractivity contribution in [2.45, 2.75) is 6.43 Å². The number of alkyl halides is 2. The maximum absolute atomic E-state index is 12.3. The van der Waals surface area contributed by atoms with E-state index in [-0.39, 0.29) is 17.0 Å². The summed E-state index contributed by atoms with van der Waals surface area (Å²) in [5.74, 6) is -0.0576. The van der Waals surface area contributed by atoms with Gasteiger partial charge >= 0.3 is 0 Å². The van der Waals surface area contributed by atoms with Gasteiger partial charge in [0.25, 0.3) is 6.43 Å². The molecule has 0 aromatic carbocycles. The second kappa shape index (κ2) is 3.87. The SMILES string of the molecule is COc1c(C#N)cnc(C(F)F)c1N. The third-order valence-electron chi connectivity index (χ3n) is 1.63. The fourth-order valence-electron chi connectivity index (χ4n) is 0.997.